The second-order valence-electron chi connectivity index (χ2n) is 9.53. The fourth-order valence-electron chi connectivity index (χ4n) is 4.11. The standard InChI is InChI=1S/C30H31ClN6O3/c1-19-13-26-23(15-25(19)36-28(38)8-6-12-37(2)3)30(20(16-32)17-33-26)35-21-10-11-27(24(31)14-21)40-18-22-7-5-9-29(34-22)39-4/h5,7,9-11,13-15,17H,6,8,12,18H2,1-4H3,(H,33,35)(H,36,38). The fraction of sp³-hybridized carbons (Fsp3) is 0.267. The summed E-state index contributed by atoms with van der Waals surface area (Å²) in [5.41, 5.74) is 4.55. The summed E-state index contributed by atoms with van der Waals surface area (Å²) in [6, 6.07) is 16.7. The van der Waals surface area contributed by atoms with Crippen molar-refractivity contribution in [3.63, 3.8) is 0 Å². The number of nitrogens with one attached hydrogen (secondary N) is 2. The highest BCUT2D eigenvalue weighted by atomic mass is 35.5. The van der Waals surface area contributed by atoms with E-state index in [2.05, 4.69) is 26.7 Å². The average Bonchev–Trinajstić information content (AvgIpc) is 2.93. The summed E-state index contributed by atoms with van der Waals surface area (Å²) in [5.74, 6) is 0.938. The molecule has 10 heteroatoms. The van der Waals surface area contributed by atoms with Crippen LogP contribution >= 0.6 is 11.6 Å². The highest BCUT2D eigenvalue weighted by Crippen LogP contribution is 2.35. The van der Waals surface area contributed by atoms with E-state index >= 15 is 0 Å². The van der Waals surface area contributed by atoms with Crippen LogP contribution in [-0.4, -0.2) is 48.5 Å². The molecule has 0 saturated heterocycles. The smallest absolute Gasteiger partial charge is 0.224 e. The fourth-order valence-corrected chi connectivity index (χ4v) is 4.34. The first-order valence-electron chi connectivity index (χ1n) is 12.7. The first kappa shape index (κ1) is 28.6. The van der Waals surface area contributed by atoms with Crippen molar-refractivity contribution >= 4 is 45.5 Å². The number of hydrogen-bond acceptors (Lipinski definition) is 8. The Hall–Kier alpha value is -4.39. The van der Waals surface area contributed by atoms with Gasteiger partial charge in [0.05, 0.1) is 34.6 Å². The van der Waals surface area contributed by atoms with Gasteiger partial charge in [-0.05, 0) is 75.9 Å². The highest BCUT2D eigenvalue weighted by molar-refractivity contribution is 6.32. The minimum Gasteiger partial charge on any atom is -0.486 e. The van der Waals surface area contributed by atoms with Crippen molar-refractivity contribution in [1.29, 1.82) is 5.26 Å². The number of anilines is 3. The van der Waals surface area contributed by atoms with Crippen LogP contribution in [0, 0.1) is 18.3 Å². The molecule has 0 fully saturated rings. The molecule has 4 aromatic rings. The molecule has 4 rings (SSSR count). The molecule has 206 valence electrons. The van der Waals surface area contributed by atoms with Gasteiger partial charge in [-0.2, -0.15) is 5.26 Å². The lowest BCUT2D eigenvalue weighted by molar-refractivity contribution is -0.116. The summed E-state index contributed by atoms with van der Waals surface area (Å²) in [7, 11) is 5.52. The average molecular weight is 559 g/mol. The van der Waals surface area contributed by atoms with Crippen LogP contribution < -0.4 is 20.1 Å². The molecule has 2 aromatic heterocycles. The number of pyridine rings is 2. The number of nitrogens with zero attached hydrogens (tertiary/aromatic N) is 4. The second-order valence-corrected chi connectivity index (χ2v) is 9.94. The predicted molar refractivity (Wildman–Crippen MR) is 157 cm³/mol. The minimum absolute atomic E-state index is 0.0604. The van der Waals surface area contributed by atoms with Crippen LogP contribution in [0.2, 0.25) is 5.02 Å². The van der Waals surface area contributed by atoms with E-state index < -0.39 is 0 Å². The van der Waals surface area contributed by atoms with Gasteiger partial charge in [-0.15, -0.1) is 0 Å². The van der Waals surface area contributed by atoms with E-state index in [0.717, 1.165) is 18.5 Å². The Balaban J connectivity index is 1.56. The quantitative estimate of drug-likeness (QED) is 0.228. The number of ether oxygens (including phenoxy) is 2. The number of benzene rings is 2. The number of halogens is 1. The van der Waals surface area contributed by atoms with E-state index in [0.29, 0.717) is 62.3 Å². The van der Waals surface area contributed by atoms with E-state index in [-0.39, 0.29) is 12.5 Å². The second kappa shape index (κ2) is 13.1. The van der Waals surface area contributed by atoms with Crippen molar-refractivity contribution in [2.24, 2.45) is 0 Å². The number of carbonyl (C=O) groups is 1. The number of rotatable bonds is 11. The first-order valence-corrected chi connectivity index (χ1v) is 13.1. The molecule has 0 atom stereocenters. The molecule has 0 unspecified atom stereocenters. The molecule has 0 spiro atoms. The van der Waals surface area contributed by atoms with E-state index in [1.165, 1.54) is 6.20 Å². The van der Waals surface area contributed by atoms with E-state index in [9.17, 15) is 10.1 Å². The first-order chi connectivity index (χ1) is 19.3. The lowest BCUT2D eigenvalue weighted by atomic mass is 10.0. The van der Waals surface area contributed by atoms with Gasteiger partial charge in [0.25, 0.3) is 0 Å². The summed E-state index contributed by atoms with van der Waals surface area (Å²) in [5, 5.41) is 17.2. The molecule has 2 heterocycles. The molecule has 0 aliphatic heterocycles. The Morgan fingerprint density at radius 2 is 2.00 bits per heavy atom. The molecule has 2 aromatic carbocycles. The van der Waals surface area contributed by atoms with Gasteiger partial charge in [0.2, 0.25) is 11.8 Å². The lowest BCUT2D eigenvalue weighted by Gasteiger charge is -2.16. The molecule has 9 nitrogen and oxygen atoms in total. The molecule has 0 radical (unpaired) electrons. The monoisotopic (exact) mass is 558 g/mol. The van der Waals surface area contributed by atoms with Crippen LogP contribution in [0.1, 0.15) is 29.7 Å². The molecule has 0 aliphatic rings. The van der Waals surface area contributed by atoms with Gasteiger partial charge >= 0.3 is 0 Å². The maximum absolute atomic E-state index is 12.6. The van der Waals surface area contributed by atoms with E-state index in [1.807, 2.05) is 56.3 Å². The van der Waals surface area contributed by atoms with Crippen LogP contribution in [0.25, 0.3) is 10.9 Å². The zero-order chi connectivity index (χ0) is 28.6. The SMILES string of the molecule is COc1cccc(COc2ccc(Nc3c(C#N)cnc4cc(C)c(NC(=O)CCCN(C)C)cc34)cc2Cl)n1. The van der Waals surface area contributed by atoms with Gasteiger partial charge < -0.3 is 25.0 Å². The number of methoxy groups -OCH3 is 1. The Morgan fingerprint density at radius 1 is 1.18 bits per heavy atom. The van der Waals surface area contributed by atoms with Crippen molar-refractivity contribution in [1.82, 2.24) is 14.9 Å². The number of nitriles is 1. The maximum Gasteiger partial charge on any atom is 0.224 e. The predicted octanol–water partition coefficient (Wildman–Crippen LogP) is 6.07. The van der Waals surface area contributed by atoms with Crippen molar-refractivity contribution in [3.05, 3.63) is 76.6 Å². The normalized spacial score (nSPS) is 10.8. The number of aryl methyl sites for hydroxylation is 1. The molecule has 2 N–H and O–H groups in total. The Morgan fingerprint density at radius 3 is 2.73 bits per heavy atom. The Labute approximate surface area is 238 Å². The molecule has 0 saturated carbocycles. The third-order valence-corrected chi connectivity index (χ3v) is 6.48. The van der Waals surface area contributed by atoms with Crippen LogP contribution in [0.4, 0.5) is 17.1 Å². The Bertz CT molecular complexity index is 1570. The largest absolute Gasteiger partial charge is 0.486 e. The molecule has 40 heavy (non-hydrogen) atoms. The number of aromatic nitrogens is 2. The summed E-state index contributed by atoms with van der Waals surface area (Å²) in [6.45, 7) is 2.97. The minimum atomic E-state index is -0.0604. The molecule has 0 bridgehead atoms. The molecular weight excluding hydrogens is 528 g/mol. The summed E-state index contributed by atoms with van der Waals surface area (Å²) < 4.78 is 11.0. The van der Waals surface area contributed by atoms with Gasteiger partial charge in [-0.25, -0.2) is 4.98 Å². The van der Waals surface area contributed by atoms with Gasteiger partial charge in [-0.3, -0.25) is 9.78 Å². The highest BCUT2D eigenvalue weighted by Gasteiger charge is 2.14. The summed E-state index contributed by atoms with van der Waals surface area (Å²) in [4.78, 5) is 23.4. The van der Waals surface area contributed by atoms with Crippen molar-refractivity contribution < 1.29 is 14.3 Å². The third kappa shape index (κ3) is 7.17. The molecule has 1 amide bonds. The van der Waals surface area contributed by atoms with E-state index in [4.69, 9.17) is 21.1 Å². The topological polar surface area (TPSA) is 112 Å². The summed E-state index contributed by atoms with van der Waals surface area (Å²) in [6.07, 6.45) is 2.71. The summed E-state index contributed by atoms with van der Waals surface area (Å²) >= 11 is 6.54. The number of fused-ring (bicyclic) bond motifs is 1. The van der Waals surface area contributed by atoms with Crippen molar-refractivity contribution in [3.8, 4) is 17.7 Å². The van der Waals surface area contributed by atoms with Gasteiger partial charge in [0.1, 0.15) is 18.4 Å². The van der Waals surface area contributed by atoms with Crippen LogP contribution in [0.3, 0.4) is 0 Å². The number of carbonyl (C=O) groups excluding carboxylic acids is 1. The van der Waals surface area contributed by atoms with Crippen LogP contribution in [0.15, 0.2) is 54.7 Å². The molecule has 0 aliphatic carbocycles. The number of amides is 1. The van der Waals surface area contributed by atoms with Gasteiger partial charge in [-0.1, -0.05) is 17.7 Å². The van der Waals surface area contributed by atoms with Crippen LogP contribution in [0.5, 0.6) is 11.6 Å². The third-order valence-electron chi connectivity index (χ3n) is 6.18. The molecular formula is C30H31ClN6O3. The Kier molecular flexibility index (Phi) is 9.38. The van der Waals surface area contributed by atoms with Gasteiger partial charge in [0, 0.05) is 35.4 Å². The van der Waals surface area contributed by atoms with Crippen LogP contribution in [-0.2, 0) is 11.4 Å². The van der Waals surface area contributed by atoms with E-state index in [1.54, 1.807) is 25.3 Å². The van der Waals surface area contributed by atoms with Crippen molar-refractivity contribution in [2.45, 2.75) is 26.4 Å². The number of hydrogen-bond donors (Lipinski definition) is 2. The zero-order valence-electron chi connectivity index (χ0n) is 22.9. The lowest BCUT2D eigenvalue weighted by Crippen LogP contribution is -2.17. The maximum atomic E-state index is 12.6. The zero-order valence-corrected chi connectivity index (χ0v) is 23.7. The van der Waals surface area contributed by atoms with Crippen molar-refractivity contribution in [2.75, 3.05) is 38.4 Å². The van der Waals surface area contributed by atoms with Gasteiger partial charge in [0.15, 0.2) is 0 Å².